The van der Waals surface area contributed by atoms with Gasteiger partial charge in [0, 0.05) is 18.1 Å². The van der Waals surface area contributed by atoms with E-state index in [1.54, 1.807) is 0 Å². The molecule has 0 saturated carbocycles. The number of hydrogen-bond acceptors (Lipinski definition) is 4. The minimum atomic E-state index is 0.595. The van der Waals surface area contributed by atoms with Crippen molar-refractivity contribution in [2.24, 2.45) is 0 Å². The van der Waals surface area contributed by atoms with E-state index in [1.807, 2.05) is 50.1 Å². The second-order valence-electron chi connectivity index (χ2n) is 4.70. The van der Waals surface area contributed by atoms with E-state index < -0.39 is 0 Å². The van der Waals surface area contributed by atoms with E-state index in [4.69, 9.17) is 0 Å². The standard InChI is InChI=1S/C15H15BrN4/c1-10-11(2)18-19-15(14(10)8-17)20(3)9-12-4-6-13(16)7-5-12/h4-7H,9H2,1-3H3. The minimum Gasteiger partial charge on any atom is -0.353 e. The van der Waals surface area contributed by atoms with E-state index in [9.17, 15) is 5.26 Å². The van der Waals surface area contributed by atoms with E-state index in [1.165, 1.54) is 0 Å². The van der Waals surface area contributed by atoms with Crippen LogP contribution in [0.1, 0.15) is 22.4 Å². The third kappa shape index (κ3) is 2.97. The largest absolute Gasteiger partial charge is 0.353 e. The highest BCUT2D eigenvalue weighted by Gasteiger charge is 2.14. The molecule has 0 bridgehead atoms. The van der Waals surface area contributed by atoms with Gasteiger partial charge in [-0.25, -0.2) is 0 Å². The van der Waals surface area contributed by atoms with Gasteiger partial charge in [0.25, 0.3) is 0 Å². The van der Waals surface area contributed by atoms with Gasteiger partial charge in [-0.15, -0.1) is 5.10 Å². The molecule has 5 heteroatoms. The van der Waals surface area contributed by atoms with Gasteiger partial charge in [-0.1, -0.05) is 28.1 Å². The predicted molar refractivity (Wildman–Crippen MR) is 82.5 cm³/mol. The molecule has 1 aromatic carbocycles. The second-order valence-corrected chi connectivity index (χ2v) is 5.62. The molecular weight excluding hydrogens is 316 g/mol. The first kappa shape index (κ1) is 14.5. The number of nitrogens with zero attached hydrogens (tertiary/aromatic N) is 4. The summed E-state index contributed by atoms with van der Waals surface area (Å²) in [5.74, 6) is 0.624. The van der Waals surface area contributed by atoms with Crippen LogP contribution in [-0.2, 0) is 6.54 Å². The lowest BCUT2D eigenvalue weighted by Gasteiger charge is -2.20. The molecule has 0 unspecified atom stereocenters. The first-order chi connectivity index (χ1) is 9.52. The van der Waals surface area contributed by atoms with Gasteiger partial charge in [-0.3, -0.25) is 0 Å². The van der Waals surface area contributed by atoms with Gasteiger partial charge in [0.2, 0.25) is 0 Å². The van der Waals surface area contributed by atoms with E-state index in [0.29, 0.717) is 17.9 Å². The van der Waals surface area contributed by atoms with Crippen LogP contribution >= 0.6 is 15.9 Å². The number of halogens is 1. The average Bonchev–Trinajstić information content (AvgIpc) is 2.44. The molecule has 20 heavy (non-hydrogen) atoms. The first-order valence-electron chi connectivity index (χ1n) is 6.22. The summed E-state index contributed by atoms with van der Waals surface area (Å²) in [5.41, 5.74) is 3.43. The Morgan fingerprint density at radius 1 is 1.20 bits per heavy atom. The molecule has 0 aliphatic rings. The molecule has 2 rings (SSSR count). The Bertz CT molecular complexity index is 659. The zero-order valence-electron chi connectivity index (χ0n) is 11.7. The molecule has 102 valence electrons. The summed E-state index contributed by atoms with van der Waals surface area (Å²) in [6.45, 7) is 4.44. The van der Waals surface area contributed by atoms with Crippen molar-refractivity contribution >= 4 is 21.7 Å². The Hall–Kier alpha value is -1.93. The number of aromatic nitrogens is 2. The third-order valence-electron chi connectivity index (χ3n) is 3.24. The number of hydrogen-bond donors (Lipinski definition) is 0. The van der Waals surface area contributed by atoms with Crippen molar-refractivity contribution in [2.75, 3.05) is 11.9 Å². The topological polar surface area (TPSA) is 52.8 Å². The molecule has 0 aliphatic heterocycles. The molecule has 0 saturated heterocycles. The summed E-state index contributed by atoms with van der Waals surface area (Å²) >= 11 is 3.42. The fourth-order valence-corrected chi connectivity index (χ4v) is 2.20. The van der Waals surface area contributed by atoms with Gasteiger partial charge < -0.3 is 4.90 Å². The van der Waals surface area contributed by atoms with E-state index in [2.05, 4.69) is 32.2 Å². The number of nitriles is 1. The maximum atomic E-state index is 9.32. The quantitative estimate of drug-likeness (QED) is 0.865. The fourth-order valence-electron chi connectivity index (χ4n) is 1.94. The molecule has 0 radical (unpaired) electrons. The van der Waals surface area contributed by atoms with Gasteiger partial charge in [0.05, 0.1) is 5.69 Å². The summed E-state index contributed by atoms with van der Waals surface area (Å²) in [7, 11) is 1.92. The predicted octanol–water partition coefficient (Wildman–Crippen LogP) is 3.36. The first-order valence-corrected chi connectivity index (χ1v) is 7.01. The normalized spacial score (nSPS) is 10.2. The molecule has 2 aromatic rings. The molecule has 1 heterocycles. The van der Waals surface area contributed by atoms with E-state index >= 15 is 0 Å². The van der Waals surface area contributed by atoms with Crippen LogP contribution in [0.4, 0.5) is 5.82 Å². The molecule has 0 amide bonds. The highest BCUT2D eigenvalue weighted by atomic mass is 79.9. The van der Waals surface area contributed by atoms with Crippen molar-refractivity contribution in [1.29, 1.82) is 5.26 Å². The molecular formula is C15H15BrN4. The Balaban J connectivity index is 2.30. The monoisotopic (exact) mass is 330 g/mol. The van der Waals surface area contributed by atoms with Crippen molar-refractivity contribution in [3.05, 3.63) is 51.1 Å². The van der Waals surface area contributed by atoms with Crippen LogP contribution in [0.3, 0.4) is 0 Å². The highest BCUT2D eigenvalue weighted by Crippen LogP contribution is 2.22. The van der Waals surface area contributed by atoms with E-state index in [-0.39, 0.29) is 0 Å². The van der Waals surface area contributed by atoms with Crippen molar-refractivity contribution in [3.63, 3.8) is 0 Å². The zero-order valence-corrected chi connectivity index (χ0v) is 13.3. The lowest BCUT2D eigenvalue weighted by atomic mass is 10.1. The van der Waals surface area contributed by atoms with Crippen molar-refractivity contribution < 1.29 is 0 Å². The van der Waals surface area contributed by atoms with Gasteiger partial charge in [0.1, 0.15) is 11.6 Å². The van der Waals surface area contributed by atoms with Gasteiger partial charge >= 0.3 is 0 Å². The third-order valence-corrected chi connectivity index (χ3v) is 3.77. The molecule has 1 aromatic heterocycles. The maximum Gasteiger partial charge on any atom is 0.169 e. The number of rotatable bonds is 3. The molecule has 4 nitrogen and oxygen atoms in total. The summed E-state index contributed by atoms with van der Waals surface area (Å²) in [5, 5.41) is 17.6. The molecule has 0 spiro atoms. The summed E-state index contributed by atoms with van der Waals surface area (Å²) in [6, 6.07) is 10.3. The van der Waals surface area contributed by atoms with E-state index in [0.717, 1.165) is 21.3 Å². The van der Waals surface area contributed by atoms with Crippen LogP contribution < -0.4 is 4.90 Å². The second kappa shape index (κ2) is 6.02. The van der Waals surface area contributed by atoms with Gasteiger partial charge in [-0.05, 0) is 37.1 Å². The highest BCUT2D eigenvalue weighted by molar-refractivity contribution is 9.10. The molecule has 0 atom stereocenters. The van der Waals surface area contributed by atoms with Crippen LogP contribution in [0.2, 0.25) is 0 Å². The Kier molecular flexibility index (Phi) is 4.35. The average molecular weight is 331 g/mol. The van der Waals surface area contributed by atoms with Crippen LogP contribution in [0.25, 0.3) is 0 Å². The summed E-state index contributed by atoms with van der Waals surface area (Å²) in [6.07, 6.45) is 0. The maximum absolute atomic E-state index is 9.32. The zero-order chi connectivity index (χ0) is 14.7. The lowest BCUT2D eigenvalue weighted by molar-refractivity contribution is 0.846. The Morgan fingerprint density at radius 3 is 2.45 bits per heavy atom. The van der Waals surface area contributed by atoms with Crippen molar-refractivity contribution in [2.45, 2.75) is 20.4 Å². The number of aryl methyl sites for hydroxylation is 1. The van der Waals surface area contributed by atoms with Crippen LogP contribution in [0.15, 0.2) is 28.7 Å². The Labute approximate surface area is 127 Å². The molecule has 0 aliphatic carbocycles. The van der Waals surface area contributed by atoms with Crippen LogP contribution in [0, 0.1) is 25.2 Å². The molecule has 0 N–H and O–H groups in total. The summed E-state index contributed by atoms with van der Waals surface area (Å²) in [4.78, 5) is 1.95. The SMILES string of the molecule is Cc1nnc(N(C)Cc2ccc(Br)cc2)c(C#N)c1C. The Morgan fingerprint density at radius 2 is 1.85 bits per heavy atom. The lowest BCUT2D eigenvalue weighted by Crippen LogP contribution is -2.20. The van der Waals surface area contributed by atoms with Gasteiger partial charge in [-0.2, -0.15) is 10.4 Å². The van der Waals surface area contributed by atoms with Crippen LogP contribution in [-0.4, -0.2) is 17.2 Å². The smallest absolute Gasteiger partial charge is 0.169 e. The minimum absolute atomic E-state index is 0.595. The van der Waals surface area contributed by atoms with Crippen molar-refractivity contribution in [1.82, 2.24) is 10.2 Å². The number of benzene rings is 1. The fraction of sp³-hybridized carbons (Fsp3) is 0.267. The number of anilines is 1. The summed E-state index contributed by atoms with van der Waals surface area (Å²) < 4.78 is 1.05. The van der Waals surface area contributed by atoms with Gasteiger partial charge in [0.15, 0.2) is 5.82 Å². The van der Waals surface area contributed by atoms with Crippen molar-refractivity contribution in [3.8, 4) is 6.07 Å². The van der Waals surface area contributed by atoms with Crippen LogP contribution in [0.5, 0.6) is 0 Å². The molecule has 0 fully saturated rings.